The average molecular weight is 383 g/mol. The zero-order chi connectivity index (χ0) is 19.7. The van der Waals surface area contributed by atoms with Crippen molar-refractivity contribution in [2.75, 3.05) is 24.5 Å². The van der Waals surface area contributed by atoms with Crippen molar-refractivity contribution in [3.05, 3.63) is 65.9 Å². The first kappa shape index (κ1) is 18.5. The van der Waals surface area contributed by atoms with E-state index >= 15 is 0 Å². The number of hydrogen-bond acceptors (Lipinski definition) is 2. The van der Waals surface area contributed by atoms with Crippen LogP contribution < -0.4 is 10.2 Å². The number of aryl methyl sites for hydroxylation is 1. The number of rotatable bonds is 5. The van der Waals surface area contributed by atoms with Gasteiger partial charge in [0.2, 0.25) is 0 Å². The van der Waals surface area contributed by atoms with Crippen molar-refractivity contribution in [2.24, 2.45) is 5.92 Å². The number of carbonyl (C=O) groups is 1. The molecule has 0 unspecified atom stereocenters. The number of fused-ring (bicyclic) bond motifs is 1. The third-order valence-electron chi connectivity index (χ3n) is 5.46. The van der Waals surface area contributed by atoms with E-state index in [-0.39, 0.29) is 11.8 Å². The topological polar surface area (TPSA) is 37.3 Å². The Bertz CT molecular complexity index is 1010. The molecule has 1 aliphatic rings. The highest BCUT2D eigenvalue weighted by Crippen LogP contribution is 2.25. The molecule has 0 bridgehead atoms. The third-order valence-corrected chi connectivity index (χ3v) is 5.46. The smallest absolute Gasteiger partial charge is 0.267 e. The molecule has 0 saturated carbocycles. The second-order valence-electron chi connectivity index (χ2n) is 7.24. The molecule has 4 rings (SSSR count). The summed E-state index contributed by atoms with van der Waals surface area (Å²) in [6.45, 7) is 4.79. The first-order chi connectivity index (χ1) is 13.6. The predicted molar refractivity (Wildman–Crippen MR) is 107 cm³/mol. The van der Waals surface area contributed by atoms with E-state index in [1.54, 1.807) is 6.07 Å². The van der Waals surface area contributed by atoms with Crippen LogP contribution in [-0.4, -0.2) is 30.1 Å². The summed E-state index contributed by atoms with van der Waals surface area (Å²) >= 11 is 0. The summed E-state index contributed by atoms with van der Waals surface area (Å²) in [5, 5.41) is 4.10. The molecule has 4 nitrogen and oxygen atoms in total. The van der Waals surface area contributed by atoms with E-state index in [1.165, 1.54) is 6.07 Å². The van der Waals surface area contributed by atoms with Crippen LogP contribution in [0.5, 0.6) is 0 Å². The van der Waals surface area contributed by atoms with Gasteiger partial charge in [0.25, 0.3) is 5.91 Å². The van der Waals surface area contributed by atoms with E-state index in [2.05, 4.69) is 5.32 Å². The lowest BCUT2D eigenvalue weighted by atomic mass is 10.1. The van der Waals surface area contributed by atoms with Crippen LogP contribution in [0.15, 0.2) is 48.5 Å². The lowest BCUT2D eigenvalue weighted by Crippen LogP contribution is -2.32. The monoisotopic (exact) mass is 383 g/mol. The van der Waals surface area contributed by atoms with Crippen molar-refractivity contribution < 1.29 is 13.6 Å². The first-order valence-electron chi connectivity index (χ1n) is 9.63. The van der Waals surface area contributed by atoms with E-state index in [0.717, 1.165) is 36.5 Å². The molecule has 1 atom stereocenters. The molecule has 3 aromatic rings. The Morgan fingerprint density at radius 3 is 2.75 bits per heavy atom. The van der Waals surface area contributed by atoms with Gasteiger partial charge in [-0.3, -0.25) is 4.79 Å². The number of aromatic nitrogens is 1. The molecular weight excluding hydrogens is 360 g/mol. The van der Waals surface area contributed by atoms with Crippen molar-refractivity contribution in [3.63, 3.8) is 0 Å². The van der Waals surface area contributed by atoms with Gasteiger partial charge in [0.1, 0.15) is 5.69 Å². The molecule has 2 heterocycles. The molecule has 146 valence electrons. The van der Waals surface area contributed by atoms with E-state index in [1.807, 2.05) is 46.7 Å². The standard InChI is InChI=1S/C22H23F2N3O/c1-2-27-20-6-4-3-5-16(20)11-21(27)22(28)25-13-15-9-10-26(14-15)17-7-8-18(23)19(24)12-17/h3-8,11-12,15H,2,9-10,13-14H2,1H3,(H,25,28)/t15-/m1/s1. The Morgan fingerprint density at radius 1 is 1.14 bits per heavy atom. The summed E-state index contributed by atoms with van der Waals surface area (Å²) in [4.78, 5) is 14.8. The van der Waals surface area contributed by atoms with Gasteiger partial charge in [-0.2, -0.15) is 0 Å². The van der Waals surface area contributed by atoms with Crippen molar-refractivity contribution in [1.29, 1.82) is 0 Å². The summed E-state index contributed by atoms with van der Waals surface area (Å²) in [6, 6.07) is 13.9. The van der Waals surface area contributed by atoms with Crippen LogP contribution in [0, 0.1) is 17.6 Å². The zero-order valence-corrected chi connectivity index (χ0v) is 15.8. The van der Waals surface area contributed by atoms with Crippen LogP contribution in [0.25, 0.3) is 10.9 Å². The normalized spacial score (nSPS) is 16.7. The number of carbonyl (C=O) groups excluding carboxylic acids is 1. The van der Waals surface area contributed by atoms with Crippen molar-refractivity contribution in [3.8, 4) is 0 Å². The van der Waals surface area contributed by atoms with Crippen LogP contribution in [0.3, 0.4) is 0 Å². The summed E-state index contributed by atoms with van der Waals surface area (Å²) in [5.41, 5.74) is 2.40. The number of amides is 1. The van der Waals surface area contributed by atoms with Gasteiger partial charge in [0.15, 0.2) is 11.6 Å². The number of halogens is 2. The van der Waals surface area contributed by atoms with E-state index < -0.39 is 11.6 Å². The van der Waals surface area contributed by atoms with Crippen molar-refractivity contribution in [1.82, 2.24) is 9.88 Å². The van der Waals surface area contributed by atoms with Gasteiger partial charge >= 0.3 is 0 Å². The van der Waals surface area contributed by atoms with E-state index in [4.69, 9.17) is 0 Å². The highest BCUT2D eigenvalue weighted by Gasteiger charge is 2.24. The van der Waals surface area contributed by atoms with Gasteiger partial charge in [-0.25, -0.2) is 8.78 Å². The maximum absolute atomic E-state index is 13.5. The summed E-state index contributed by atoms with van der Waals surface area (Å²) in [7, 11) is 0. The van der Waals surface area contributed by atoms with Gasteiger partial charge in [0.05, 0.1) is 0 Å². The van der Waals surface area contributed by atoms with Crippen LogP contribution in [0.1, 0.15) is 23.8 Å². The Hall–Kier alpha value is -2.89. The Labute approximate surface area is 162 Å². The molecule has 1 aromatic heterocycles. The zero-order valence-electron chi connectivity index (χ0n) is 15.8. The van der Waals surface area contributed by atoms with Crippen molar-refractivity contribution in [2.45, 2.75) is 19.9 Å². The first-order valence-corrected chi connectivity index (χ1v) is 9.63. The van der Waals surface area contributed by atoms with E-state index in [9.17, 15) is 13.6 Å². The van der Waals surface area contributed by atoms with Gasteiger partial charge in [-0.1, -0.05) is 18.2 Å². The number of hydrogen-bond donors (Lipinski definition) is 1. The highest BCUT2D eigenvalue weighted by atomic mass is 19.2. The van der Waals surface area contributed by atoms with Gasteiger partial charge in [-0.15, -0.1) is 0 Å². The number of benzene rings is 2. The Kier molecular flexibility index (Phi) is 5.03. The van der Waals surface area contributed by atoms with Gasteiger partial charge in [0, 0.05) is 48.8 Å². The minimum absolute atomic E-state index is 0.0793. The number of anilines is 1. The lowest BCUT2D eigenvalue weighted by molar-refractivity contribution is 0.0939. The molecule has 0 radical (unpaired) electrons. The summed E-state index contributed by atoms with van der Waals surface area (Å²) < 4.78 is 28.6. The van der Waals surface area contributed by atoms with Crippen molar-refractivity contribution >= 4 is 22.5 Å². The SMILES string of the molecule is CCn1c(C(=O)NC[C@H]2CCN(c3ccc(F)c(F)c3)C2)cc2ccccc21. The second-order valence-corrected chi connectivity index (χ2v) is 7.24. The molecule has 1 saturated heterocycles. The Balaban J connectivity index is 1.40. The van der Waals surface area contributed by atoms with Crippen LogP contribution >= 0.6 is 0 Å². The molecule has 28 heavy (non-hydrogen) atoms. The van der Waals surface area contributed by atoms with Crippen LogP contribution in [0.2, 0.25) is 0 Å². The fourth-order valence-electron chi connectivity index (χ4n) is 3.98. The average Bonchev–Trinajstić information content (AvgIpc) is 3.32. The minimum atomic E-state index is -0.835. The molecule has 2 aromatic carbocycles. The quantitative estimate of drug-likeness (QED) is 0.717. The molecule has 6 heteroatoms. The van der Waals surface area contributed by atoms with Crippen LogP contribution in [-0.2, 0) is 6.54 Å². The Morgan fingerprint density at radius 2 is 1.96 bits per heavy atom. The maximum atomic E-state index is 13.5. The fourth-order valence-corrected chi connectivity index (χ4v) is 3.98. The molecular formula is C22H23F2N3O. The fraction of sp³-hybridized carbons (Fsp3) is 0.318. The van der Waals surface area contributed by atoms with Gasteiger partial charge < -0.3 is 14.8 Å². The van der Waals surface area contributed by atoms with E-state index in [0.29, 0.717) is 24.5 Å². The number of nitrogens with one attached hydrogen (secondary N) is 1. The highest BCUT2D eigenvalue weighted by molar-refractivity contribution is 5.98. The number of nitrogens with zero attached hydrogens (tertiary/aromatic N) is 2. The second kappa shape index (κ2) is 7.62. The molecule has 1 fully saturated rings. The summed E-state index contributed by atoms with van der Waals surface area (Å²) in [6.07, 6.45) is 0.899. The number of para-hydroxylation sites is 1. The molecule has 0 aliphatic carbocycles. The molecule has 1 amide bonds. The molecule has 1 N–H and O–H groups in total. The summed E-state index contributed by atoms with van der Waals surface area (Å²) in [5.74, 6) is -1.47. The lowest BCUT2D eigenvalue weighted by Gasteiger charge is -2.19. The minimum Gasteiger partial charge on any atom is -0.371 e. The largest absolute Gasteiger partial charge is 0.371 e. The third kappa shape index (κ3) is 3.46. The predicted octanol–water partition coefficient (Wildman–Crippen LogP) is 4.20. The van der Waals surface area contributed by atoms with Crippen LogP contribution in [0.4, 0.5) is 14.5 Å². The molecule has 0 spiro atoms. The van der Waals surface area contributed by atoms with Gasteiger partial charge in [-0.05, 0) is 43.5 Å². The molecule has 1 aliphatic heterocycles. The maximum Gasteiger partial charge on any atom is 0.267 e.